The number of carbonyl (C=O) groups is 2. The van der Waals surface area contributed by atoms with Gasteiger partial charge in [-0.25, -0.2) is 0 Å². The second-order valence-corrected chi connectivity index (χ2v) is 6.45. The van der Waals surface area contributed by atoms with Gasteiger partial charge in [0.15, 0.2) is 6.10 Å². The first-order valence-electron chi connectivity index (χ1n) is 7.22. The first-order chi connectivity index (χ1) is 11.5. The molecule has 1 heterocycles. The highest BCUT2D eigenvalue weighted by molar-refractivity contribution is 7.09. The smallest absolute Gasteiger partial charge is 0.306 e. The summed E-state index contributed by atoms with van der Waals surface area (Å²) in [4.78, 5) is 24.9. The summed E-state index contributed by atoms with van der Waals surface area (Å²) in [5, 5.41) is 13.6. The Morgan fingerprint density at radius 3 is 2.83 bits per heavy atom. The van der Waals surface area contributed by atoms with E-state index in [1.165, 1.54) is 19.1 Å². The molecule has 1 amide bonds. The van der Waals surface area contributed by atoms with Crippen molar-refractivity contribution in [2.24, 2.45) is 0 Å². The van der Waals surface area contributed by atoms with E-state index in [4.69, 9.17) is 21.6 Å². The first kappa shape index (κ1) is 18.0. The average Bonchev–Trinajstić information content (AvgIpc) is 3.06. The maximum absolute atomic E-state index is 12.1. The third-order valence-electron chi connectivity index (χ3n) is 3.19. The molecule has 1 aromatic heterocycles. The fourth-order valence-corrected chi connectivity index (χ4v) is 2.85. The quantitative estimate of drug-likeness (QED) is 0.793. The SMILES string of the molecule is CC(OC(=O)CCc1cccs1)C(=O)Nc1ccc(C#N)c(Cl)c1. The number of hydrogen-bond acceptors (Lipinski definition) is 5. The van der Waals surface area contributed by atoms with Crippen molar-refractivity contribution in [3.05, 3.63) is 51.2 Å². The molecular weight excluding hydrogens is 348 g/mol. The number of anilines is 1. The molecule has 1 N–H and O–H groups in total. The van der Waals surface area contributed by atoms with Crippen LogP contribution in [-0.2, 0) is 20.7 Å². The number of ether oxygens (including phenoxy) is 1. The zero-order valence-corrected chi connectivity index (χ0v) is 14.5. The molecule has 0 aliphatic carbocycles. The van der Waals surface area contributed by atoms with Crippen LogP contribution in [0.5, 0.6) is 0 Å². The van der Waals surface area contributed by atoms with Crippen molar-refractivity contribution in [3.63, 3.8) is 0 Å². The zero-order valence-electron chi connectivity index (χ0n) is 12.9. The van der Waals surface area contributed by atoms with Crippen LogP contribution in [0.25, 0.3) is 0 Å². The van der Waals surface area contributed by atoms with E-state index >= 15 is 0 Å². The van der Waals surface area contributed by atoms with Gasteiger partial charge in [-0.1, -0.05) is 17.7 Å². The van der Waals surface area contributed by atoms with Gasteiger partial charge in [-0.2, -0.15) is 5.26 Å². The molecule has 1 aromatic carbocycles. The van der Waals surface area contributed by atoms with Gasteiger partial charge in [0, 0.05) is 10.6 Å². The molecule has 0 aliphatic heterocycles. The lowest BCUT2D eigenvalue weighted by Gasteiger charge is -2.13. The molecule has 0 fully saturated rings. The van der Waals surface area contributed by atoms with Crippen LogP contribution in [0, 0.1) is 11.3 Å². The van der Waals surface area contributed by atoms with Crippen LogP contribution in [0.3, 0.4) is 0 Å². The van der Waals surface area contributed by atoms with Crippen LogP contribution in [0.1, 0.15) is 23.8 Å². The van der Waals surface area contributed by atoms with Gasteiger partial charge in [0.2, 0.25) is 0 Å². The van der Waals surface area contributed by atoms with Crippen molar-refractivity contribution in [1.82, 2.24) is 0 Å². The molecule has 7 heteroatoms. The maximum atomic E-state index is 12.1. The summed E-state index contributed by atoms with van der Waals surface area (Å²) in [6.45, 7) is 1.50. The Morgan fingerprint density at radius 1 is 1.42 bits per heavy atom. The minimum Gasteiger partial charge on any atom is -0.453 e. The number of amides is 1. The Bertz CT molecular complexity index is 769. The molecule has 0 bridgehead atoms. The largest absolute Gasteiger partial charge is 0.453 e. The van der Waals surface area contributed by atoms with Gasteiger partial charge in [0.25, 0.3) is 5.91 Å². The van der Waals surface area contributed by atoms with Crippen molar-refractivity contribution >= 4 is 40.5 Å². The molecule has 124 valence electrons. The van der Waals surface area contributed by atoms with Crippen LogP contribution in [-0.4, -0.2) is 18.0 Å². The summed E-state index contributed by atoms with van der Waals surface area (Å²) in [5.41, 5.74) is 0.758. The molecule has 2 aromatic rings. The van der Waals surface area contributed by atoms with Gasteiger partial charge in [-0.3, -0.25) is 9.59 Å². The Labute approximate surface area is 148 Å². The second-order valence-electron chi connectivity index (χ2n) is 5.01. The normalized spacial score (nSPS) is 11.4. The molecule has 5 nitrogen and oxygen atoms in total. The highest BCUT2D eigenvalue weighted by atomic mass is 35.5. The standard InChI is InChI=1S/C17H15ClN2O3S/c1-11(23-16(21)7-6-14-3-2-8-24-14)17(22)20-13-5-4-12(10-19)15(18)9-13/h2-5,8-9,11H,6-7H2,1H3,(H,20,22). The molecule has 0 aliphatic rings. The predicted octanol–water partition coefficient (Wildman–Crippen LogP) is 3.78. The second kappa shape index (κ2) is 8.48. The molecule has 0 radical (unpaired) electrons. The van der Waals surface area contributed by atoms with E-state index in [1.54, 1.807) is 17.4 Å². The summed E-state index contributed by atoms with van der Waals surface area (Å²) in [6.07, 6.45) is -0.105. The number of carbonyl (C=O) groups excluding carboxylic acids is 2. The van der Waals surface area contributed by atoms with Crippen LogP contribution in [0.15, 0.2) is 35.7 Å². The summed E-state index contributed by atoms with van der Waals surface area (Å²) < 4.78 is 5.13. The van der Waals surface area contributed by atoms with E-state index in [1.807, 2.05) is 23.6 Å². The molecular formula is C17H15ClN2O3S. The van der Waals surface area contributed by atoms with Gasteiger partial charge in [-0.05, 0) is 43.0 Å². The van der Waals surface area contributed by atoms with E-state index in [0.29, 0.717) is 17.7 Å². The number of nitrogens with zero attached hydrogens (tertiary/aromatic N) is 1. The fourth-order valence-electron chi connectivity index (χ4n) is 1.92. The molecule has 24 heavy (non-hydrogen) atoms. The zero-order chi connectivity index (χ0) is 17.5. The number of hydrogen-bond donors (Lipinski definition) is 1. The van der Waals surface area contributed by atoms with E-state index < -0.39 is 18.0 Å². The van der Waals surface area contributed by atoms with Crippen molar-refractivity contribution in [2.75, 3.05) is 5.32 Å². The third-order valence-corrected chi connectivity index (χ3v) is 4.44. The highest BCUT2D eigenvalue weighted by Crippen LogP contribution is 2.20. The lowest BCUT2D eigenvalue weighted by molar-refractivity contribution is -0.153. The molecule has 2 rings (SSSR count). The molecule has 0 saturated carbocycles. The van der Waals surface area contributed by atoms with Gasteiger partial charge in [-0.15, -0.1) is 11.3 Å². The fraction of sp³-hybridized carbons (Fsp3) is 0.235. The lowest BCUT2D eigenvalue weighted by Crippen LogP contribution is -2.30. The number of aryl methyl sites for hydroxylation is 1. The van der Waals surface area contributed by atoms with Crippen LogP contribution in [0.4, 0.5) is 5.69 Å². The molecule has 0 spiro atoms. The Hall–Kier alpha value is -2.36. The number of benzene rings is 1. The van der Waals surface area contributed by atoms with E-state index in [-0.39, 0.29) is 11.4 Å². The van der Waals surface area contributed by atoms with Crippen LogP contribution in [0.2, 0.25) is 5.02 Å². The van der Waals surface area contributed by atoms with Crippen molar-refractivity contribution < 1.29 is 14.3 Å². The van der Waals surface area contributed by atoms with Crippen LogP contribution < -0.4 is 5.32 Å². The molecule has 1 atom stereocenters. The first-order valence-corrected chi connectivity index (χ1v) is 8.47. The van der Waals surface area contributed by atoms with Crippen molar-refractivity contribution in [3.8, 4) is 6.07 Å². The topological polar surface area (TPSA) is 79.2 Å². The Morgan fingerprint density at radius 2 is 2.21 bits per heavy atom. The van der Waals surface area contributed by atoms with Crippen LogP contribution >= 0.6 is 22.9 Å². The van der Waals surface area contributed by atoms with E-state index in [0.717, 1.165) is 4.88 Å². The number of thiophene rings is 1. The van der Waals surface area contributed by atoms with E-state index in [2.05, 4.69) is 5.32 Å². The summed E-state index contributed by atoms with van der Waals surface area (Å²) in [5.74, 6) is -0.885. The van der Waals surface area contributed by atoms with Crippen molar-refractivity contribution in [1.29, 1.82) is 5.26 Å². The molecule has 1 unspecified atom stereocenters. The minimum absolute atomic E-state index is 0.223. The highest BCUT2D eigenvalue weighted by Gasteiger charge is 2.18. The number of nitriles is 1. The monoisotopic (exact) mass is 362 g/mol. The molecule has 0 saturated heterocycles. The number of nitrogens with one attached hydrogen (secondary N) is 1. The lowest BCUT2D eigenvalue weighted by atomic mass is 10.2. The number of rotatable bonds is 6. The minimum atomic E-state index is -0.921. The number of halogens is 1. The summed E-state index contributed by atoms with van der Waals surface area (Å²) in [6, 6.07) is 10.4. The third kappa shape index (κ3) is 5.08. The summed E-state index contributed by atoms with van der Waals surface area (Å²) >= 11 is 7.48. The van der Waals surface area contributed by atoms with Gasteiger partial charge < -0.3 is 10.1 Å². The maximum Gasteiger partial charge on any atom is 0.306 e. The Balaban J connectivity index is 1.84. The average molecular weight is 363 g/mol. The van der Waals surface area contributed by atoms with Gasteiger partial charge in [0.1, 0.15) is 6.07 Å². The Kier molecular flexibility index (Phi) is 6.36. The summed E-state index contributed by atoms with van der Waals surface area (Å²) in [7, 11) is 0. The predicted molar refractivity (Wildman–Crippen MR) is 93.0 cm³/mol. The van der Waals surface area contributed by atoms with Gasteiger partial charge in [0.05, 0.1) is 17.0 Å². The van der Waals surface area contributed by atoms with Gasteiger partial charge >= 0.3 is 5.97 Å². The van der Waals surface area contributed by atoms with Crippen molar-refractivity contribution in [2.45, 2.75) is 25.9 Å². The number of esters is 1. The van der Waals surface area contributed by atoms with E-state index in [9.17, 15) is 9.59 Å².